The number of hydrogen-bond acceptors (Lipinski definition) is 3. The Morgan fingerprint density at radius 3 is 2.54 bits per heavy atom. The van der Waals surface area contributed by atoms with Gasteiger partial charge in [0.2, 0.25) is 0 Å². The van der Waals surface area contributed by atoms with Crippen LogP contribution in [0.4, 0.5) is 0 Å². The highest BCUT2D eigenvalue weighted by Crippen LogP contribution is 2.40. The third-order valence-electron chi connectivity index (χ3n) is 2.86. The second kappa shape index (κ2) is 3.95. The fourth-order valence-corrected chi connectivity index (χ4v) is 1.42. The van der Waals surface area contributed by atoms with Gasteiger partial charge in [0.15, 0.2) is 0 Å². The lowest BCUT2D eigenvalue weighted by molar-refractivity contribution is -0.133. The van der Waals surface area contributed by atoms with Crippen LogP contribution in [0.5, 0.6) is 0 Å². The lowest BCUT2D eigenvalue weighted by Crippen LogP contribution is -2.59. The normalized spacial score (nSPS) is 31.8. The summed E-state index contributed by atoms with van der Waals surface area (Å²) in [6, 6.07) is 0.293. The predicted octanol–water partition coefficient (Wildman–Crippen LogP) is 1.32. The smallest absolute Gasteiger partial charge is 0.0705 e. The summed E-state index contributed by atoms with van der Waals surface area (Å²) < 4.78 is 0. The Morgan fingerprint density at radius 2 is 2.15 bits per heavy atom. The Bertz CT molecular complexity index is 168. The van der Waals surface area contributed by atoms with Crippen molar-refractivity contribution >= 4 is 0 Å². The van der Waals surface area contributed by atoms with E-state index in [2.05, 4.69) is 33.2 Å². The molecule has 0 aliphatic heterocycles. The molecule has 0 aromatic heterocycles. The molecule has 0 aromatic rings. The van der Waals surface area contributed by atoms with Crippen LogP contribution in [0, 0.1) is 11.3 Å². The summed E-state index contributed by atoms with van der Waals surface area (Å²) >= 11 is 0. The van der Waals surface area contributed by atoms with Gasteiger partial charge in [0.1, 0.15) is 0 Å². The first-order valence-electron chi connectivity index (χ1n) is 5.00. The van der Waals surface area contributed by atoms with E-state index < -0.39 is 0 Å². The van der Waals surface area contributed by atoms with E-state index in [9.17, 15) is 5.11 Å². The van der Waals surface area contributed by atoms with E-state index in [4.69, 9.17) is 4.84 Å². The van der Waals surface area contributed by atoms with E-state index in [0.717, 1.165) is 13.0 Å². The van der Waals surface area contributed by atoms with E-state index in [0.29, 0.717) is 12.0 Å². The molecule has 1 aliphatic carbocycles. The molecule has 0 amide bonds. The molecule has 78 valence electrons. The molecule has 13 heavy (non-hydrogen) atoms. The van der Waals surface area contributed by atoms with Crippen LogP contribution in [0.3, 0.4) is 0 Å². The lowest BCUT2D eigenvalue weighted by Gasteiger charge is -2.49. The van der Waals surface area contributed by atoms with Crippen molar-refractivity contribution in [1.82, 2.24) is 5.48 Å². The molecular weight excluding hydrogens is 166 g/mol. The average Bonchev–Trinajstić information content (AvgIpc) is 2.02. The average molecular weight is 187 g/mol. The van der Waals surface area contributed by atoms with Crippen molar-refractivity contribution in [2.24, 2.45) is 11.3 Å². The van der Waals surface area contributed by atoms with E-state index in [1.165, 1.54) is 0 Å². The predicted molar refractivity (Wildman–Crippen MR) is 52.1 cm³/mol. The molecule has 1 rings (SSSR count). The number of aliphatic hydroxyl groups excluding tert-OH is 1. The summed E-state index contributed by atoms with van der Waals surface area (Å²) in [4.78, 5) is 5.32. The third kappa shape index (κ3) is 2.42. The maximum absolute atomic E-state index is 9.46. The second-order valence-electron chi connectivity index (χ2n) is 4.95. The molecule has 1 fully saturated rings. The zero-order chi connectivity index (χ0) is 10.1. The quantitative estimate of drug-likeness (QED) is 0.652. The summed E-state index contributed by atoms with van der Waals surface area (Å²) in [5.74, 6) is 0.542. The van der Waals surface area contributed by atoms with E-state index in [-0.39, 0.29) is 11.5 Å². The molecule has 2 N–H and O–H groups in total. The van der Waals surface area contributed by atoms with Gasteiger partial charge >= 0.3 is 0 Å². The van der Waals surface area contributed by atoms with E-state index in [1.54, 1.807) is 0 Å². The number of hydroxylamine groups is 1. The maximum Gasteiger partial charge on any atom is 0.0705 e. The number of aliphatic hydroxyl groups is 1. The molecule has 0 radical (unpaired) electrons. The first-order chi connectivity index (χ1) is 5.94. The fourth-order valence-electron chi connectivity index (χ4n) is 1.42. The minimum atomic E-state index is -0.187. The molecule has 3 nitrogen and oxygen atoms in total. The summed E-state index contributed by atoms with van der Waals surface area (Å²) in [6.07, 6.45) is 0.609. The van der Waals surface area contributed by atoms with Crippen molar-refractivity contribution in [1.29, 1.82) is 0 Å². The molecule has 1 aliphatic rings. The Labute approximate surface area is 80.4 Å². The van der Waals surface area contributed by atoms with E-state index in [1.807, 2.05) is 0 Å². The molecule has 0 bridgehead atoms. The Hall–Kier alpha value is -0.120. The van der Waals surface area contributed by atoms with Crippen LogP contribution in [-0.2, 0) is 4.84 Å². The second-order valence-corrected chi connectivity index (χ2v) is 4.95. The highest BCUT2D eigenvalue weighted by Gasteiger charge is 2.47. The van der Waals surface area contributed by atoms with Crippen molar-refractivity contribution in [2.75, 3.05) is 6.61 Å². The van der Waals surface area contributed by atoms with Crippen molar-refractivity contribution in [3.8, 4) is 0 Å². The van der Waals surface area contributed by atoms with Crippen LogP contribution in [0.2, 0.25) is 0 Å². The number of hydrogen-bond donors (Lipinski definition) is 2. The molecule has 2 atom stereocenters. The summed E-state index contributed by atoms with van der Waals surface area (Å²) in [5, 5.41) is 9.46. The Kier molecular flexibility index (Phi) is 3.33. The van der Waals surface area contributed by atoms with Gasteiger partial charge in [-0.15, -0.1) is 0 Å². The minimum absolute atomic E-state index is 0.0447. The molecule has 2 unspecified atom stereocenters. The number of rotatable bonds is 4. The van der Waals surface area contributed by atoms with Crippen LogP contribution in [0.1, 0.15) is 34.1 Å². The summed E-state index contributed by atoms with van der Waals surface area (Å²) in [6.45, 7) is 9.06. The highest BCUT2D eigenvalue weighted by molar-refractivity contribution is 5.00. The zero-order valence-electron chi connectivity index (χ0n) is 9.00. The largest absolute Gasteiger partial charge is 0.392 e. The van der Waals surface area contributed by atoms with Crippen molar-refractivity contribution in [2.45, 2.75) is 46.3 Å². The van der Waals surface area contributed by atoms with Crippen LogP contribution in [0.25, 0.3) is 0 Å². The van der Waals surface area contributed by atoms with Crippen molar-refractivity contribution in [3.63, 3.8) is 0 Å². The van der Waals surface area contributed by atoms with Gasteiger partial charge in [-0.1, -0.05) is 27.7 Å². The van der Waals surface area contributed by atoms with Crippen molar-refractivity contribution in [3.05, 3.63) is 0 Å². The first-order valence-corrected chi connectivity index (χ1v) is 5.00. The maximum atomic E-state index is 9.46. The SMILES string of the molecule is CC(C)CONC1CC(O)C1(C)C. The van der Waals surface area contributed by atoms with E-state index >= 15 is 0 Å². The standard InChI is InChI=1S/C10H21NO2/c1-7(2)6-13-11-8-5-9(12)10(8,3)4/h7-9,11-12H,5-6H2,1-4H3. The lowest BCUT2D eigenvalue weighted by atomic mass is 9.65. The fraction of sp³-hybridized carbons (Fsp3) is 1.00. The van der Waals surface area contributed by atoms with Crippen LogP contribution in [0.15, 0.2) is 0 Å². The summed E-state index contributed by atoms with van der Waals surface area (Å²) in [5.41, 5.74) is 2.97. The third-order valence-corrected chi connectivity index (χ3v) is 2.86. The molecule has 1 saturated carbocycles. The van der Waals surface area contributed by atoms with Gasteiger partial charge in [-0.05, 0) is 12.3 Å². The van der Waals surface area contributed by atoms with Gasteiger partial charge in [-0.3, -0.25) is 0 Å². The number of nitrogens with one attached hydrogen (secondary N) is 1. The van der Waals surface area contributed by atoms with Crippen LogP contribution in [-0.4, -0.2) is 23.9 Å². The molecule has 3 heteroatoms. The molecular formula is C10H21NO2. The van der Waals surface area contributed by atoms with Crippen LogP contribution >= 0.6 is 0 Å². The van der Waals surface area contributed by atoms with Crippen LogP contribution < -0.4 is 5.48 Å². The Morgan fingerprint density at radius 1 is 1.54 bits per heavy atom. The minimum Gasteiger partial charge on any atom is -0.392 e. The first kappa shape index (κ1) is 11.0. The monoisotopic (exact) mass is 187 g/mol. The van der Waals surface area contributed by atoms with Gasteiger partial charge in [-0.2, -0.15) is 5.48 Å². The highest BCUT2D eigenvalue weighted by atomic mass is 16.6. The molecule has 0 saturated heterocycles. The molecule has 0 aromatic carbocycles. The molecule has 0 heterocycles. The van der Waals surface area contributed by atoms with Gasteiger partial charge in [0.25, 0.3) is 0 Å². The summed E-state index contributed by atoms with van der Waals surface area (Å²) in [7, 11) is 0. The van der Waals surface area contributed by atoms with Gasteiger partial charge in [-0.25, -0.2) is 0 Å². The van der Waals surface area contributed by atoms with Gasteiger partial charge in [0.05, 0.1) is 12.7 Å². The van der Waals surface area contributed by atoms with Gasteiger partial charge in [0, 0.05) is 11.5 Å². The van der Waals surface area contributed by atoms with Gasteiger partial charge < -0.3 is 9.94 Å². The van der Waals surface area contributed by atoms with Crippen molar-refractivity contribution < 1.29 is 9.94 Å². The zero-order valence-corrected chi connectivity index (χ0v) is 9.00. The Balaban J connectivity index is 2.17. The topological polar surface area (TPSA) is 41.5 Å². The molecule has 0 spiro atoms.